The second kappa shape index (κ2) is 12.7. The Morgan fingerprint density at radius 2 is 1.18 bits per heavy atom. The maximum Gasteiger partial charge on any atom is 0.335 e. The van der Waals surface area contributed by atoms with Gasteiger partial charge in [0.05, 0.1) is 0 Å². The minimum Gasteiger partial charge on any atom is -0.393 e. The van der Waals surface area contributed by atoms with E-state index in [9.17, 15) is 9.59 Å². The van der Waals surface area contributed by atoms with Crippen molar-refractivity contribution in [2.45, 2.75) is 52.6 Å². The number of rotatable bonds is 11. The van der Waals surface area contributed by atoms with Crippen molar-refractivity contribution in [3.8, 4) is 0 Å². The van der Waals surface area contributed by atoms with Crippen molar-refractivity contribution >= 4 is 59.7 Å². The highest BCUT2D eigenvalue weighted by molar-refractivity contribution is 8.75. The topological polar surface area (TPSA) is 76.7 Å². The lowest BCUT2D eigenvalue weighted by molar-refractivity contribution is -0.135. The van der Waals surface area contributed by atoms with Gasteiger partial charge in [-0.3, -0.25) is 0 Å². The fourth-order valence-corrected chi connectivity index (χ4v) is 3.57. The van der Waals surface area contributed by atoms with Crippen molar-refractivity contribution in [1.29, 1.82) is 0 Å². The molecule has 130 valence electrons. The molecule has 0 aliphatic rings. The Labute approximate surface area is 151 Å². The van der Waals surface area contributed by atoms with Crippen LogP contribution in [0.25, 0.3) is 0 Å². The summed E-state index contributed by atoms with van der Waals surface area (Å²) in [6, 6.07) is -0.922. The van der Waals surface area contributed by atoms with Crippen molar-refractivity contribution in [2.75, 3.05) is 0 Å². The maximum absolute atomic E-state index is 11.6. The predicted octanol–water partition coefficient (Wildman–Crippen LogP) is 2.98. The highest BCUT2D eigenvalue weighted by Gasteiger charge is 2.23. The average Bonchev–Trinajstić information content (AvgIpc) is 2.46. The summed E-state index contributed by atoms with van der Waals surface area (Å²) in [5, 5.41) is 0. The summed E-state index contributed by atoms with van der Waals surface area (Å²) in [4.78, 5) is 23.2. The molecule has 0 unspecified atom stereocenters. The molecule has 0 heterocycles. The molecule has 0 aromatic carbocycles. The summed E-state index contributed by atoms with van der Waals surface area (Å²) in [5.41, 5.74) is 0. The Morgan fingerprint density at radius 1 is 0.864 bits per heavy atom. The van der Waals surface area contributed by atoms with Gasteiger partial charge in [-0.1, -0.05) is 27.7 Å². The van der Waals surface area contributed by atoms with Gasteiger partial charge in [-0.05, 0) is 24.7 Å². The smallest absolute Gasteiger partial charge is 0.335 e. The van der Waals surface area contributed by atoms with Gasteiger partial charge in [-0.25, -0.2) is 19.0 Å². The van der Waals surface area contributed by atoms with E-state index in [4.69, 9.17) is 0 Å². The minimum atomic E-state index is -0.461. The van der Waals surface area contributed by atoms with Crippen LogP contribution in [0, 0.1) is 11.8 Å². The number of carbonyl (C=O) groups is 2. The Balaban J connectivity index is 4.27. The largest absolute Gasteiger partial charge is 0.393 e. The molecule has 0 aromatic heterocycles. The van der Waals surface area contributed by atoms with E-state index in [-0.39, 0.29) is 0 Å². The third-order valence-electron chi connectivity index (χ3n) is 2.59. The molecule has 2 N–H and O–H groups in total. The molecule has 0 spiro atoms. The molecule has 0 saturated heterocycles. The van der Waals surface area contributed by atoms with Gasteiger partial charge in [0, 0.05) is 47.8 Å². The molecule has 0 aliphatic heterocycles. The van der Waals surface area contributed by atoms with Gasteiger partial charge in [-0.15, -0.1) is 0 Å². The molecular weight excluding hydrogens is 364 g/mol. The van der Waals surface area contributed by atoms with E-state index in [1.165, 1.54) is 22.0 Å². The van der Waals surface area contributed by atoms with Gasteiger partial charge < -0.3 is 8.37 Å². The van der Waals surface area contributed by atoms with Crippen molar-refractivity contribution in [1.82, 2.24) is 9.44 Å². The summed E-state index contributed by atoms with van der Waals surface area (Å²) < 4.78 is 14.9. The molecule has 0 rings (SSSR count). The Bertz CT molecular complexity index is 313. The monoisotopic (exact) mass is 388 g/mol. The molecule has 0 radical (unpaired) electrons. The number of hydrogen-bond donors (Lipinski definition) is 4. The lowest BCUT2D eigenvalue weighted by Gasteiger charge is -2.19. The quantitative estimate of drug-likeness (QED) is 0.141. The van der Waals surface area contributed by atoms with Crippen LogP contribution in [0.5, 0.6) is 0 Å². The number of carbonyl (C=O) groups excluding carboxylic acids is 2. The number of nitrogens with one attached hydrogen (secondary N) is 2. The van der Waals surface area contributed by atoms with E-state index in [2.05, 4.69) is 43.6 Å². The Morgan fingerprint density at radius 3 is 1.41 bits per heavy atom. The van der Waals surface area contributed by atoms with E-state index in [0.29, 0.717) is 24.7 Å². The molecule has 2 atom stereocenters. The van der Waals surface area contributed by atoms with Gasteiger partial charge in [0.15, 0.2) is 0 Å². The van der Waals surface area contributed by atoms with Crippen molar-refractivity contribution in [3.63, 3.8) is 0 Å². The van der Waals surface area contributed by atoms with Crippen LogP contribution < -0.4 is 9.44 Å². The van der Waals surface area contributed by atoms with Gasteiger partial charge >= 0.3 is 11.9 Å². The van der Waals surface area contributed by atoms with Crippen LogP contribution >= 0.6 is 47.8 Å². The highest BCUT2D eigenvalue weighted by atomic mass is 33.1. The SMILES string of the molecule is CC(C)C[C@H](NSSN[C@@H](CC(C)C)C(=O)OS)C(=O)OS. The van der Waals surface area contributed by atoms with Gasteiger partial charge in [0.1, 0.15) is 12.1 Å². The second-order valence-electron chi connectivity index (χ2n) is 5.59. The Kier molecular flexibility index (Phi) is 12.8. The van der Waals surface area contributed by atoms with Crippen LogP contribution in [0.4, 0.5) is 0 Å². The molecule has 6 nitrogen and oxygen atoms in total. The summed E-state index contributed by atoms with van der Waals surface area (Å²) >= 11 is 7.08. The average molecular weight is 389 g/mol. The molecule has 0 bridgehead atoms. The number of hydrogen-bond acceptors (Lipinski definition) is 10. The fraction of sp³-hybridized carbons (Fsp3) is 0.833. The molecule has 0 aliphatic carbocycles. The van der Waals surface area contributed by atoms with Gasteiger partial charge in [-0.2, -0.15) is 0 Å². The zero-order valence-corrected chi connectivity index (χ0v) is 16.5. The van der Waals surface area contributed by atoms with Crippen molar-refractivity contribution in [2.24, 2.45) is 11.8 Å². The van der Waals surface area contributed by atoms with Crippen LogP contribution in [-0.2, 0) is 18.0 Å². The van der Waals surface area contributed by atoms with Crippen molar-refractivity contribution in [3.05, 3.63) is 0 Å². The second-order valence-corrected chi connectivity index (χ2v) is 7.76. The summed E-state index contributed by atoms with van der Waals surface area (Å²) in [6.45, 7) is 8.05. The zero-order valence-electron chi connectivity index (χ0n) is 13.1. The summed E-state index contributed by atoms with van der Waals surface area (Å²) in [6.07, 6.45) is 1.25. The van der Waals surface area contributed by atoms with E-state index in [1.807, 2.05) is 27.7 Å². The molecule has 0 saturated carbocycles. The molecule has 0 fully saturated rings. The predicted molar refractivity (Wildman–Crippen MR) is 98.1 cm³/mol. The van der Waals surface area contributed by atoms with Crippen LogP contribution in [0.2, 0.25) is 0 Å². The fourth-order valence-electron chi connectivity index (χ4n) is 1.62. The Hall–Kier alpha value is 0.260. The lowest BCUT2D eigenvalue weighted by Crippen LogP contribution is -2.36. The van der Waals surface area contributed by atoms with Crippen LogP contribution in [-0.4, -0.2) is 24.0 Å². The lowest BCUT2D eigenvalue weighted by atomic mass is 10.1. The molecule has 22 heavy (non-hydrogen) atoms. The first-order valence-corrected chi connectivity index (χ1v) is 9.73. The third-order valence-corrected chi connectivity index (χ3v) is 4.62. The minimum absolute atomic E-state index is 0.330. The van der Waals surface area contributed by atoms with Gasteiger partial charge in [0.25, 0.3) is 0 Å². The van der Waals surface area contributed by atoms with Crippen LogP contribution in [0.3, 0.4) is 0 Å². The van der Waals surface area contributed by atoms with E-state index in [0.717, 1.165) is 0 Å². The summed E-state index contributed by atoms with van der Waals surface area (Å²) in [5.74, 6) is -0.204. The molecule has 0 amide bonds. The van der Waals surface area contributed by atoms with E-state index >= 15 is 0 Å². The summed E-state index contributed by atoms with van der Waals surface area (Å²) in [7, 11) is 2.44. The van der Waals surface area contributed by atoms with Crippen LogP contribution in [0.15, 0.2) is 0 Å². The van der Waals surface area contributed by atoms with Crippen molar-refractivity contribution < 1.29 is 18.0 Å². The molecule has 0 aromatic rings. The first-order valence-electron chi connectivity index (χ1n) is 6.85. The molecule has 10 heteroatoms. The van der Waals surface area contributed by atoms with Gasteiger partial charge in [0.2, 0.25) is 0 Å². The molecular formula is C12H24N2O4S4. The van der Waals surface area contributed by atoms with E-state index < -0.39 is 24.0 Å². The standard InChI is InChI=1S/C12H24N2O4S4/c1-7(2)5-9(11(15)17-19)13-21-22-14-10(6-8(3)4)12(16)18-20/h7-10,13-14,19-20H,5-6H2,1-4H3/t9-,10-/m0/s1. The first-order chi connectivity index (χ1) is 10.3. The third kappa shape index (κ3) is 10.1. The highest BCUT2D eigenvalue weighted by Crippen LogP contribution is 2.20. The first kappa shape index (κ1) is 22.3. The zero-order chi connectivity index (χ0) is 17.1. The maximum atomic E-state index is 11.6. The normalized spacial score (nSPS) is 14.0. The number of thiol groups is 2. The van der Waals surface area contributed by atoms with Crippen LogP contribution in [0.1, 0.15) is 40.5 Å². The van der Waals surface area contributed by atoms with E-state index in [1.54, 1.807) is 0 Å².